The van der Waals surface area contributed by atoms with Gasteiger partial charge in [0.1, 0.15) is 0 Å². The number of hydrogen-bond donors (Lipinski definition) is 2. The SMILES string of the molecule is CC(C)(C)CNC(=O)CC1(N)CCCCC1. The number of rotatable bonds is 3. The maximum absolute atomic E-state index is 11.8. The van der Waals surface area contributed by atoms with Crippen molar-refractivity contribution in [2.24, 2.45) is 11.1 Å². The molecule has 0 saturated heterocycles. The highest BCUT2D eigenvalue weighted by Crippen LogP contribution is 2.28. The molecule has 0 aliphatic heterocycles. The van der Waals surface area contributed by atoms with Crippen molar-refractivity contribution >= 4 is 5.91 Å². The summed E-state index contributed by atoms with van der Waals surface area (Å²) in [7, 11) is 0. The summed E-state index contributed by atoms with van der Waals surface area (Å²) in [5.41, 5.74) is 6.15. The molecule has 3 nitrogen and oxygen atoms in total. The fourth-order valence-corrected chi connectivity index (χ4v) is 2.18. The van der Waals surface area contributed by atoms with E-state index in [2.05, 4.69) is 26.1 Å². The van der Waals surface area contributed by atoms with Gasteiger partial charge < -0.3 is 11.1 Å². The van der Waals surface area contributed by atoms with Gasteiger partial charge in [-0.05, 0) is 18.3 Å². The first-order valence-electron chi connectivity index (χ1n) is 6.36. The third-order valence-electron chi connectivity index (χ3n) is 3.18. The highest BCUT2D eigenvalue weighted by molar-refractivity contribution is 5.77. The molecule has 1 aliphatic rings. The first kappa shape index (κ1) is 13.5. The summed E-state index contributed by atoms with van der Waals surface area (Å²) in [6.07, 6.45) is 6.09. The summed E-state index contributed by atoms with van der Waals surface area (Å²) >= 11 is 0. The largest absolute Gasteiger partial charge is 0.356 e. The Labute approximate surface area is 99.2 Å². The van der Waals surface area contributed by atoms with Gasteiger partial charge in [-0.25, -0.2) is 0 Å². The van der Waals surface area contributed by atoms with Crippen molar-refractivity contribution in [2.45, 2.75) is 64.8 Å². The Bertz CT molecular complexity index is 237. The van der Waals surface area contributed by atoms with Crippen LogP contribution in [0.3, 0.4) is 0 Å². The molecule has 0 atom stereocenters. The molecule has 0 bridgehead atoms. The summed E-state index contributed by atoms with van der Waals surface area (Å²) in [6, 6.07) is 0. The van der Waals surface area contributed by atoms with Crippen LogP contribution in [0.2, 0.25) is 0 Å². The topological polar surface area (TPSA) is 55.1 Å². The summed E-state index contributed by atoms with van der Waals surface area (Å²) < 4.78 is 0. The molecule has 0 aromatic rings. The van der Waals surface area contributed by atoms with E-state index < -0.39 is 0 Å². The number of nitrogens with two attached hydrogens (primary N) is 1. The van der Waals surface area contributed by atoms with Crippen LogP contribution in [0.5, 0.6) is 0 Å². The van der Waals surface area contributed by atoms with E-state index in [0.29, 0.717) is 6.42 Å². The van der Waals surface area contributed by atoms with Crippen LogP contribution in [0.15, 0.2) is 0 Å². The van der Waals surface area contributed by atoms with E-state index in [1.165, 1.54) is 19.3 Å². The summed E-state index contributed by atoms with van der Waals surface area (Å²) in [5.74, 6) is 0.110. The third-order valence-corrected chi connectivity index (χ3v) is 3.18. The second-order valence-electron chi connectivity index (χ2n) is 6.44. The van der Waals surface area contributed by atoms with Crippen molar-refractivity contribution < 1.29 is 4.79 Å². The lowest BCUT2D eigenvalue weighted by Gasteiger charge is -2.33. The van der Waals surface area contributed by atoms with Crippen LogP contribution >= 0.6 is 0 Å². The van der Waals surface area contributed by atoms with Gasteiger partial charge in [-0.2, -0.15) is 0 Å². The number of carbonyl (C=O) groups excluding carboxylic acids is 1. The van der Waals surface area contributed by atoms with E-state index in [1.807, 2.05) is 0 Å². The van der Waals surface area contributed by atoms with Crippen LogP contribution in [0.1, 0.15) is 59.3 Å². The van der Waals surface area contributed by atoms with E-state index >= 15 is 0 Å². The number of hydrogen-bond acceptors (Lipinski definition) is 2. The smallest absolute Gasteiger partial charge is 0.221 e. The highest BCUT2D eigenvalue weighted by atomic mass is 16.1. The van der Waals surface area contributed by atoms with E-state index in [4.69, 9.17) is 5.73 Å². The molecule has 1 fully saturated rings. The number of nitrogens with one attached hydrogen (secondary N) is 1. The fraction of sp³-hybridized carbons (Fsp3) is 0.923. The van der Waals surface area contributed by atoms with Crippen LogP contribution in [0.25, 0.3) is 0 Å². The Kier molecular flexibility index (Phi) is 4.36. The lowest BCUT2D eigenvalue weighted by Crippen LogP contribution is -2.46. The van der Waals surface area contributed by atoms with Gasteiger partial charge in [0.2, 0.25) is 5.91 Å². The number of carbonyl (C=O) groups is 1. The molecule has 0 spiro atoms. The van der Waals surface area contributed by atoms with Gasteiger partial charge in [-0.3, -0.25) is 4.79 Å². The van der Waals surface area contributed by atoms with E-state index in [1.54, 1.807) is 0 Å². The Morgan fingerprint density at radius 1 is 1.25 bits per heavy atom. The average Bonchev–Trinajstić information content (AvgIpc) is 2.14. The third kappa shape index (κ3) is 4.97. The van der Waals surface area contributed by atoms with E-state index in [-0.39, 0.29) is 16.9 Å². The van der Waals surface area contributed by atoms with Crippen molar-refractivity contribution in [2.75, 3.05) is 6.54 Å². The number of amides is 1. The minimum Gasteiger partial charge on any atom is -0.356 e. The van der Waals surface area contributed by atoms with Gasteiger partial charge in [0.15, 0.2) is 0 Å². The van der Waals surface area contributed by atoms with Crippen LogP contribution < -0.4 is 11.1 Å². The lowest BCUT2D eigenvalue weighted by atomic mass is 9.80. The fourth-order valence-electron chi connectivity index (χ4n) is 2.18. The molecule has 3 N–H and O–H groups in total. The van der Waals surface area contributed by atoms with Crippen LogP contribution in [-0.2, 0) is 4.79 Å². The lowest BCUT2D eigenvalue weighted by molar-refractivity contribution is -0.123. The molecule has 0 aromatic heterocycles. The Balaban J connectivity index is 2.33. The first-order chi connectivity index (χ1) is 7.31. The van der Waals surface area contributed by atoms with Crippen molar-refractivity contribution in [3.8, 4) is 0 Å². The van der Waals surface area contributed by atoms with Crippen molar-refractivity contribution in [1.29, 1.82) is 0 Å². The van der Waals surface area contributed by atoms with Gasteiger partial charge in [0.25, 0.3) is 0 Å². The monoisotopic (exact) mass is 226 g/mol. The molecule has 1 saturated carbocycles. The van der Waals surface area contributed by atoms with Gasteiger partial charge in [-0.1, -0.05) is 40.0 Å². The molecular formula is C13H26N2O. The zero-order valence-electron chi connectivity index (χ0n) is 10.9. The normalized spacial score (nSPS) is 20.5. The predicted octanol–water partition coefficient (Wildman–Crippen LogP) is 2.20. The maximum atomic E-state index is 11.8. The molecule has 0 aromatic carbocycles. The minimum absolute atomic E-state index is 0.110. The first-order valence-corrected chi connectivity index (χ1v) is 6.36. The average molecular weight is 226 g/mol. The second kappa shape index (κ2) is 5.17. The van der Waals surface area contributed by atoms with Crippen molar-refractivity contribution in [3.63, 3.8) is 0 Å². The van der Waals surface area contributed by atoms with Gasteiger partial charge >= 0.3 is 0 Å². The zero-order valence-corrected chi connectivity index (χ0v) is 10.9. The van der Waals surface area contributed by atoms with Gasteiger partial charge in [-0.15, -0.1) is 0 Å². The molecule has 1 amide bonds. The maximum Gasteiger partial charge on any atom is 0.221 e. The molecule has 1 aliphatic carbocycles. The second-order valence-corrected chi connectivity index (χ2v) is 6.44. The van der Waals surface area contributed by atoms with Crippen LogP contribution in [0, 0.1) is 5.41 Å². The standard InChI is InChI=1S/C13H26N2O/c1-12(2,3)10-15-11(16)9-13(14)7-5-4-6-8-13/h4-10,14H2,1-3H3,(H,15,16). The van der Waals surface area contributed by atoms with Gasteiger partial charge in [0, 0.05) is 18.5 Å². The van der Waals surface area contributed by atoms with Crippen LogP contribution in [-0.4, -0.2) is 18.0 Å². The summed E-state index contributed by atoms with van der Waals surface area (Å²) in [4.78, 5) is 11.8. The van der Waals surface area contributed by atoms with E-state index in [0.717, 1.165) is 19.4 Å². The summed E-state index contributed by atoms with van der Waals surface area (Å²) in [6.45, 7) is 7.08. The predicted molar refractivity (Wildman–Crippen MR) is 67.1 cm³/mol. The van der Waals surface area contributed by atoms with E-state index in [9.17, 15) is 4.79 Å². The zero-order chi connectivity index (χ0) is 12.2. The molecule has 94 valence electrons. The quantitative estimate of drug-likeness (QED) is 0.775. The summed E-state index contributed by atoms with van der Waals surface area (Å²) in [5, 5.41) is 2.98. The molecule has 16 heavy (non-hydrogen) atoms. The minimum atomic E-state index is -0.236. The van der Waals surface area contributed by atoms with Crippen molar-refractivity contribution in [1.82, 2.24) is 5.32 Å². The molecule has 0 unspecified atom stereocenters. The molecule has 0 heterocycles. The van der Waals surface area contributed by atoms with Gasteiger partial charge in [0.05, 0.1) is 0 Å². The highest BCUT2D eigenvalue weighted by Gasteiger charge is 2.30. The molecular weight excluding hydrogens is 200 g/mol. The Hall–Kier alpha value is -0.570. The molecule has 3 heteroatoms. The molecule has 1 rings (SSSR count). The van der Waals surface area contributed by atoms with Crippen molar-refractivity contribution in [3.05, 3.63) is 0 Å². The van der Waals surface area contributed by atoms with Crippen LogP contribution in [0.4, 0.5) is 0 Å². The molecule has 0 radical (unpaired) electrons. The Morgan fingerprint density at radius 2 is 1.81 bits per heavy atom. The Morgan fingerprint density at radius 3 is 2.31 bits per heavy atom.